The molecule has 0 spiro atoms. The maximum Gasteiger partial charge on any atom is 0.314 e. The minimum atomic E-state index is -0.129. The molecule has 0 aromatic heterocycles. The number of rotatable bonds is 6. The van der Waals surface area contributed by atoms with Crippen molar-refractivity contribution in [3.8, 4) is 5.75 Å². The summed E-state index contributed by atoms with van der Waals surface area (Å²) in [6.07, 6.45) is 3.41. The van der Waals surface area contributed by atoms with Crippen molar-refractivity contribution < 1.29 is 14.3 Å². The Labute approximate surface area is 143 Å². The van der Waals surface area contributed by atoms with E-state index in [0.29, 0.717) is 19.1 Å². The van der Waals surface area contributed by atoms with Crippen molar-refractivity contribution in [2.45, 2.75) is 31.4 Å². The number of carbonyl (C=O) groups is 1. The Hall–Kier alpha value is -1.79. The molecule has 1 aromatic carbocycles. The predicted molar refractivity (Wildman–Crippen MR) is 92.4 cm³/mol. The molecule has 0 radical (unpaired) electrons. The predicted octanol–water partition coefficient (Wildman–Crippen LogP) is 1.40. The highest BCUT2D eigenvalue weighted by molar-refractivity contribution is 5.73. The Balaban J connectivity index is 1.31. The monoisotopic (exact) mass is 333 g/mol. The van der Waals surface area contributed by atoms with E-state index >= 15 is 0 Å². The lowest BCUT2D eigenvalue weighted by Crippen LogP contribution is -2.51. The molecule has 2 heterocycles. The summed E-state index contributed by atoms with van der Waals surface area (Å²) in [5.74, 6) is 0.845. The molecular formula is C18H27N3O3. The Morgan fingerprint density at radius 1 is 1.33 bits per heavy atom. The number of benzene rings is 1. The van der Waals surface area contributed by atoms with E-state index in [0.717, 1.165) is 25.3 Å². The van der Waals surface area contributed by atoms with Crippen molar-refractivity contribution in [1.82, 2.24) is 15.5 Å². The summed E-state index contributed by atoms with van der Waals surface area (Å²) in [5.41, 5.74) is 1.17. The number of hydrogen-bond acceptors (Lipinski definition) is 4. The van der Waals surface area contributed by atoms with Crippen LogP contribution in [0.5, 0.6) is 5.75 Å². The molecule has 2 aliphatic heterocycles. The first-order valence-electron chi connectivity index (χ1n) is 8.75. The number of morpholine rings is 1. The van der Waals surface area contributed by atoms with Gasteiger partial charge in [-0.2, -0.15) is 0 Å². The standard InChI is InChI=1S/C18H27N3O3/c1-23-16-6-4-14(5-7-16)8-9-19-18(22)20-11-17-12-21-10-2-3-15(21)13-24-17/h4-7,15,17H,2-3,8-13H2,1H3,(H2,19,20,22)/t15-,17+/m0/s1. The lowest BCUT2D eigenvalue weighted by molar-refractivity contribution is -0.0457. The number of fused-ring (bicyclic) bond motifs is 1. The molecule has 1 aromatic rings. The number of nitrogens with zero attached hydrogens (tertiary/aromatic N) is 1. The highest BCUT2D eigenvalue weighted by Gasteiger charge is 2.32. The van der Waals surface area contributed by atoms with Gasteiger partial charge in [0.1, 0.15) is 5.75 Å². The summed E-state index contributed by atoms with van der Waals surface area (Å²) >= 11 is 0. The Morgan fingerprint density at radius 2 is 2.17 bits per heavy atom. The zero-order valence-corrected chi connectivity index (χ0v) is 14.3. The largest absolute Gasteiger partial charge is 0.497 e. The van der Waals surface area contributed by atoms with Gasteiger partial charge in [0.05, 0.1) is 19.8 Å². The van der Waals surface area contributed by atoms with Gasteiger partial charge in [-0.15, -0.1) is 0 Å². The normalized spacial score (nSPS) is 23.5. The average molecular weight is 333 g/mol. The maximum absolute atomic E-state index is 11.9. The van der Waals surface area contributed by atoms with Gasteiger partial charge in [-0.1, -0.05) is 12.1 Å². The van der Waals surface area contributed by atoms with Gasteiger partial charge in [0.25, 0.3) is 0 Å². The van der Waals surface area contributed by atoms with Crippen molar-refractivity contribution in [2.75, 3.05) is 39.9 Å². The third-order valence-electron chi connectivity index (χ3n) is 4.81. The smallest absolute Gasteiger partial charge is 0.314 e. The Morgan fingerprint density at radius 3 is 2.96 bits per heavy atom. The molecule has 0 unspecified atom stereocenters. The average Bonchev–Trinajstić information content (AvgIpc) is 3.08. The Bertz CT molecular complexity index is 535. The molecule has 6 nitrogen and oxygen atoms in total. The first-order valence-corrected chi connectivity index (χ1v) is 8.75. The van der Waals surface area contributed by atoms with E-state index < -0.39 is 0 Å². The maximum atomic E-state index is 11.9. The molecule has 3 rings (SSSR count). The zero-order chi connectivity index (χ0) is 16.8. The second-order valence-corrected chi connectivity index (χ2v) is 6.48. The van der Waals surface area contributed by atoms with Crippen molar-refractivity contribution in [2.24, 2.45) is 0 Å². The fourth-order valence-corrected chi connectivity index (χ4v) is 3.39. The van der Waals surface area contributed by atoms with E-state index in [1.54, 1.807) is 7.11 Å². The van der Waals surface area contributed by atoms with Gasteiger partial charge in [0, 0.05) is 25.7 Å². The van der Waals surface area contributed by atoms with E-state index in [1.165, 1.54) is 24.9 Å². The summed E-state index contributed by atoms with van der Waals surface area (Å²) in [5, 5.41) is 5.81. The highest BCUT2D eigenvalue weighted by atomic mass is 16.5. The van der Waals surface area contributed by atoms with Crippen molar-refractivity contribution >= 4 is 6.03 Å². The molecule has 2 saturated heterocycles. The fourth-order valence-electron chi connectivity index (χ4n) is 3.39. The summed E-state index contributed by atoms with van der Waals surface area (Å²) in [7, 11) is 1.65. The van der Waals surface area contributed by atoms with Crippen LogP contribution in [0.1, 0.15) is 18.4 Å². The van der Waals surface area contributed by atoms with Crippen LogP contribution in [0.15, 0.2) is 24.3 Å². The Kier molecular flexibility index (Phi) is 5.93. The number of hydrogen-bond donors (Lipinski definition) is 2. The molecule has 0 bridgehead atoms. The summed E-state index contributed by atoms with van der Waals surface area (Å²) in [4.78, 5) is 14.4. The van der Waals surface area contributed by atoms with E-state index in [-0.39, 0.29) is 12.1 Å². The quantitative estimate of drug-likeness (QED) is 0.826. The van der Waals surface area contributed by atoms with Gasteiger partial charge < -0.3 is 20.1 Å². The zero-order valence-electron chi connectivity index (χ0n) is 14.3. The molecule has 2 amide bonds. The topological polar surface area (TPSA) is 62.8 Å². The second kappa shape index (κ2) is 8.35. The number of carbonyl (C=O) groups excluding carboxylic acids is 1. The minimum Gasteiger partial charge on any atom is -0.497 e. The first-order chi connectivity index (χ1) is 11.7. The van der Waals surface area contributed by atoms with Crippen LogP contribution in [0, 0.1) is 0 Å². The fraction of sp³-hybridized carbons (Fsp3) is 0.611. The third-order valence-corrected chi connectivity index (χ3v) is 4.81. The molecule has 2 N–H and O–H groups in total. The molecular weight excluding hydrogens is 306 g/mol. The molecule has 24 heavy (non-hydrogen) atoms. The van der Waals surface area contributed by atoms with Crippen LogP contribution in [0.2, 0.25) is 0 Å². The van der Waals surface area contributed by atoms with Crippen molar-refractivity contribution in [3.05, 3.63) is 29.8 Å². The van der Waals surface area contributed by atoms with Gasteiger partial charge in [0.2, 0.25) is 0 Å². The van der Waals surface area contributed by atoms with Crippen LogP contribution in [0.4, 0.5) is 4.79 Å². The number of amides is 2. The van der Waals surface area contributed by atoms with Gasteiger partial charge >= 0.3 is 6.03 Å². The number of ether oxygens (including phenoxy) is 2. The van der Waals surface area contributed by atoms with Gasteiger partial charge in [-0.25, -0.2) is 4.79 Å². The molecule has 132 valence electrons. The van der Waals surface area contributed by atoms with E-state index in [9.17, 15) is 4.79 Å². The van der Waals surface area contributed by atoms with Gasteiger partial charge in [-0.3, -0.25) is 4.90 Å². The molecule has 2 atom stereocenters. The second-order valence-electron chi connectivity index (χ2n) is 6.48. The number of nitrogens with one attached hydrogen (secondary N) is 2. The molecule has 2 aliphatic rings. The van der Waals surface area contributed by atoms with Crippen LogP contribution in [-0.2, 0) is 11.2 Å². The van der Waals surface area contributed by atoms with E-state index in [4.69, 9.17) is 9.47 Å². The van der Waals surface area contributed by atoms with Crippen molar-refractivity contribution in [3.63, 3.8) is 0 Å². The van der Waals surface area contributed by atoms with Gasteiger partial charge in [0.15, 0.2) is 0 Å². The molecule has 0 saturated carbocycles. The van der Waals surface area contributed by atoms with E-state index in [1.807, 2.05) is 24.3 Å². The summed E-state index contributed by atoms with van der Waals surface area (Å²) in [6.45, 7) is 4.07. The van der Waals surface area contributed by atoms with Crippen LogP contribution >= 0.6 is 0 Å². The molecule has 6 heteroatoms. The number of methoxy groups -OCH3 is 1. The number of urea groups is 1. The van der Waals surface area contributed by atoms with Crippen LogP contribution in [-0.4, -0.2) is 63.0 Å². The van der Waals surface area contributed by atoms with Crippen LogP contribution < -0.4 is 15.4 Å². The lowest BCUT2D eigenvalue weighted by atomic mass is 10.1. The summed E-state index contributed by atoms with van der Waals surface area (Å²) in [6, 6.07) is 8.36. The highest BCUT2D eigenvalue weighted by Crippen LogP contribution is 2.22. The first kappa shape index (κ1) is 17.0. The van der Waals surface area contributed by atoms with Crippen molar-refractivity contribution in [1.29, 1.82) is 0 Å². The van der Waals surface area contributed by atoms with Gasteiger partial charge in [-0.05, 0) is 43.5 Å². The molecule has 2 fully saturated rings. The lowest BCUT2D eigenvalue weighted by Gasteiger charge is -2.35. The summed E-state index contributed by atoms with van der Waals surface area (Å²) < 4.78 is 11.0. The SMILES string of the molecule is COc1ccc(CCNC(=O)NC[C@@H]2CN3CCC[C@H]3CO2)cc1. The van der Waals surface area contributed by atoms with Crippen LogP contribution in [0.25, 0.3) is 0 Å². The minimum absolute atomic E-state index is 0.103. The van der Waals surface area contributed by atoms with Crippen LogP contribution in [0.3, 0.4) is 0 Å². The van der Waals surface area contributed by atoms with E-state index in [2.05, 4.69) is 15.5 Å². The molecule has 0 aliphatic carbocycles. The third kappa shape index (κ3) is 4.61.